The Morgan fingerprint density at radius 2 is 1.81 bits per heavy atom. The van der Waals surface area contributed by atoms with Crippen molar-refractivity contribution in [2.24, 2.45) is 5.84 Å². The van der Waals surface area contributed by atoms with Crippen LogP contribution in [0.2, 0.25) is 0 Å². The lowest BCUT2D eigenvalue weighted by Gasteiger charge is -2.17. The van der Waals surface area contributed by atoms with Crippen LogP contribution in [-0.4, -0.2) is 23.9 Å². The Bertz CT molecular complexity index is 331. The molecular weight excluding hydrogens is 202 g/mol. The molecule has 16 heavy (non-hydrogen) atoms. The molecule has 4 nitrogen and oxygen atoms in total. The van der Waals surface area contributed by atoms with Gasteiger partial charge in [-0.05, 0) is 30.8 Å². The lowest BCUT2D eigenvalue weighted by molar-refractivity contribution is 0.0953. The van der Waals surface area contributed by atoms with Gasteiger partial charge in [0.05, 0.1) is 0 Å². The third kappa shape index (κ3) is 3.32. The summed E-state index contributed by atoms with van der Waals surface area (Å²) in [7, 11) is 0. The highest BCUT2D eigenvalue weighted by atomic mass is 16.2. The van der Waals surface area contributed by atoms with Crippen molar-refractivity contribution >= 4 is 5.91 Å². The summed E-state index contributed by atoms with van der Waals surface area (Å²) in [5, 5.41) is 0. The second-order valence-corrected chi connectivity index (χ2v) is 3.63. The van der Waals surface area contributed by atoms with Crippen molar-refractivity contribution in [1.29, 1.82) is 0 Å². The van der Waals surface area contributed by atoms with Crippen molar-refractivity contribution in [3.8, 4) is 0 Å². The van der Waals surface area contributed by atoms with Gasteiger partial charge in [0.25, 0.3) is 5.91 Å². The number of carbonyl (C=O) groups is 1. The Hall–Kier alpha value is -1.39. The molecule has 1 aromatic carbocycles. The Morgan fingerprint density at radius 3 is 2.25 bits per heavy atom. The summed E-state index contributed by atoms with van der Waals surface area (Å²) in [5.41, 5.74) is 3.91. The first kappa shape index (κ1) is 12.7. The number of nitrogen functional groups attached to an aromatic ring is 1. The van der Waals surface area contributed by atoms with Crippen molar-refractivity contribution in [2.75, 3.05) is 13.1 Å². The molecular formula is C12H19N3O. The normalized spacial score (nSPS) is 10.5. The van der Waals surface area contributed by atoms with Crippen molar-refractivity contribution in [1.82, 2.24) is 10.3 Å². The molecule has 0 radical (unpaired) electrons. The Kier molecular flexibility index (Phi) is 4.95. The number of amides is 1. The minimum atomic E-state index is -0.255. The molecule has 0 aliphatic rings. The van der Waals surface area contributed by atoms with E-state index in [1.54, 1.807) is 12.1 Å². The Labute approximate surface area is 96.4 Å². The molecule has 0 spiro atoms. The SMILES string of the molecule is CCN(CC)Cc1ccc(C(=O)NN)cc1. The van der Waals surface area contributed by atoms with E-state index in [2.05, 4.69) is 24.2 Å². The monoisotopic (exact) mass is 221 g/mol. The summed E-state index contributed by atoms with van der Waals surface area (Å²) in [6.07, 6.45) is 0. The highest BCUT2D eigenvalue weighted by Gasteiger charge is 2.04. The van der Waals surface area contributed by atoms with Gasteiger partial charge >= 0.3 is 0 Å². The molecule has 1 amide bonds. The fourth-order valence-electron chi connectivity index (χ4n) is 1.55. The van der Waals surface area contributed by atoms with Crippen molar-refractivity contribution < 1.29 is 4.79 Å². The maximum atomic E-state index is 11.2. The van der Waals surface area contributed by atoms with Gasteiger partial charge in [0, 0.05) is 12.1 Å². The zero-order valence-electron chi connectivity index (χ0n) is 9.86. The first-order valence-electron chi connectivity index (χ1n) is 5.53. The second-order valence-electron chi connectivity index (χ2n) is 3.63. The van der Waals surface area contributed by atoms with Gasteiger partial charge in [0.2, 0.25) is 0 Å². The molecule has 0 aliphatic heterocycles. The van der Waals surface area contributed by atoms with Gasteiger partial charge in [0.15, 0.2) is 0 Å². The average Bonchev–Trinajstić information content (AvgIpc) is 2.35. The minimum absolute atomic E-state index is 0.255. The van der Waals surface area contributed by atoms with E-state index in [4.69, 9.17) is 5.84 Å². The predicted molar refractivity (Wildman–Crippen MR) is 64.7 cm³/mol. The molecule has 3 N–H and O–H groups in total. The summed E-state index contributed by atoms with van der Waals surface area (Å²) in [6, 6.07) is 7.51. The van der Waals surface area contributed by atoms with Gasteiger partial charge in [-0.1, -0.05) is 26.0 Å². The van der Waals surface area contributed by atoms with Crippen molar-refractivity contribution in [2.45, 2.75) is 20.4 Å². The minimum Gasteiger partial charge on any atom is -0.300 e. The van der Waals surface area contributed by atoms with Crippen molar-refractivity contribution in [3.05, 3.63) is 35.4 Å². The van der Waals surface area contributed by atoms with Crippen LogP contribution in [0.3, 0.4) is 0 Å². The summed E-state index contributed by atoms with van der Waals surface area (Å²) >= 11 is 0. The molecule has 88 valence electrons. The zero-order chi connectivity index (χ0) is 12.0. The van der Waals surface area contributed by atoms with Crippen LogP contribution in [0.15, 0.2) is 24.3 Å². The second kappa shape index (κ2) is 6.25. The van der Waals surface area contributed by atoms with Crippen molar-refractivity contribution in [3.63, 3.8) is 0 Å². The molecule has 0 fully saturated rings. The molecule has 0 aromatic heterocycles. The molecule has 1 rings (SSSR count). The highest BCUT2D eigenvalue weighted by molar-refractivity contribution is 5.93. The molecule has 1 aromatic rings. The van der Waals surface area contributed by atoms with E-state index in [1.165, 1.54) is 5.56 Å². The lowest BCUT2D eigenvalue weighted by atomic mass is 10.1. The molecule has 0 saturated carbocycles. The van der Waals surface area contributed by atoms with E-state index in [0.29, 0.717) is 5.56 Å². The number of hydrazine groups is 1. The van der Waals surface area contributed by atoms with E-state index in [9.17, 15) is 4.79 Å². The average molecular weight is 221 g/mol. The number of benzene rings is 1. The fourth-order valence-corrected chi connectivity index (χ4v) is 1.55. The number of rotatable bonds is 5. The smallest absolute Gasteiger partial charge is 0.265 e. The third-order valence-electron chi connectivity index (χ3n) is 2.65. The number of carbonyl (C=O) groups excluding carboxylic acids is 1. The molecule has 0 unspecified atom stereocenters. The number of hydrogen-bond donors (Lipinski definition) is 2. The highest BCUT2D eigenvalue weighted by Crippen LogP contribution is 2.07. The lowest BCUT2D eigenvalue weighted by Crippen LogP contribution is -2.30. The maximum absolute atomic E-state index is 11.2. The van der Waals surface area contributed by atoms with Crippen LogP contribution in [0.5, 0.6) is 0 Å². The summed E-state index contributed by atoms with van der Waals surface area (Å²) in [6.45, 7) is 7.25. The number of nitrogens with one attached hydrogen (secondary N) is 1. The van der Waals surface area contributed by atoms with E-state index < -0.39 is 0 Å². The van der Waals surface area contributed by atoms with Crippen LogP contribution in [-0.2, 0) is 6.54 Å². The molecule has 0 atom stereocenters. The predicted octanol–water partition coefficient (Wildman–Crippen LogP) is 1.13. The van der Waals surface area contributed by atoms with Gasteiger partial charge in [-0.3, -0.25) is 15.1 Å². The Balaban J connectivity index is 2.67. The van der Waals surface area contributed by atoms with E-state index >= 15 is 0 Å². The zero-order valence-corrected chi connectivity index (χ0v) is 9.86. The van der Waals surface area contributed by atoms with Crippen LogP contribution < -0.4 is 11.3 Å². The van der Waals surface area contributed by atoms with E-state index in [1.807, 2.05) is 12.1 Å². The van der Waals surface area contributed by atoms with Crippen LogP contribution in [0.25, 0.3) is 0 Å². The van der Waals surface area contributed by atoms with E-state index in [0.717, 1.165) is 19.6 Å². The van der Waals surface area contributed by atoms with Gasteiger partial charge in [0.1, 0.15) is 0 Å². The molecule has 4 heteroatoms. The van der Waals surface area contributed by atoms with Gasteiger partial charge < -0.3 is 0 Å². The quantitative estimate of drug-likeness (QED) is 0.445. The summed E-state index contributed by atoms with van der Waals surface area (Å²) in [5.74, 6) is 4.80. The topological polar surface area (TPSA) is 58.4 Å². The molecule has 0 saturated heterocycles. The Morgan fingerprint density at radius 1 is 1.25 bits per heavy atom. The largest absolute Gasteiger partial charge is 0.300 e. The van der Waals surface area contributed by atoms with Crippen LogP contribution in [0, 0.1) is 0 Å². The molecule has 0 heterocycles. The standard InChI is InChI=1S/C12H19N3O/c1-3-15(4-2)9-10-5-7-11(8-6-10)12(16)14-13/h5-8H,3-4,9,13H2,1-2H3,(H,14,16). The maximum Gasteiger partial charge on any atom is 0.265 e. The van der Waals surface area contributed by atoms with Crippen LogP contribution >= 0.6 is 0 Å². The number of nitrogens with two attached hydrogens (primary N) is 1. The van der Waals surface area contributed by atoms with Crippen LogP contribution in [0.1, 0.15) is 29.8 Å². The first-order chi connectivity index (χ1) is 7.71. The summed E-state index contributed by atoms with van der Waals surface area (Å²) in [4.78, 5) is 13.5. The van der Waals surface area contributed by atoms with Gasteiger partial charge in [-0.15, -0.1) is 0 Å². The number of nitrogens with zero attached hydrogens (tertiary/aromatic N) is 1. The number of hydrogen-bond acceptors (Lipinski definition) is 3. The van der Waals surface area contributed by atoms with Gasteiger partial charge in [-0.2, -0.15) is 0 Å². The van der Waals surface area contributed by atoms with Crippen LogP contribution in [0.4, 0.5) is 0 Å². The van der Waals surface area contributed by atoms with E-state index in [-0.39, 0.29) is 5.91 Å². The fraction of sp³-hybridized carbons (Fsp3) is 0.417. The third-order valence-corrected chi connectivity index (χ3v) is 2.65. The summed E-state index contributed by atoms with van der Waals surface area (Å²) < 4.78 is 0. The first-order valence-corrected chi connectivity index (χ1v) is 5.53. The molecule has 0 aliphatic carbocycles. The van der Waals surface area contributed by atoms with Gasteiger partial charge in [-0.25, -0.2) is 5.84 Å². The molecule has 0 bridgehead atoms.